The highest BCUT2D eigenvalue weighted by atomic mass is 79.9. The number of hydrogen-bond acceptors (Lipinski definition) is 4. The lowest BCUT2D eigenvalue weighted by molar-refractivity contribution is 0.162. The second-order valence-corrected chi connectivity index (χ2v) is 6.64. The largest absolute Gasteiger partial charge is 0.449 e. The maximum atomic E-state index is 13.6. The van der Waals surface area contributed by atoms with Crippen molar-refractivity contribution in [2.45, 2.75) is 13.3 Å². The van der Waals surface area contributed by atoms with Crippen LogP contribution >= 0.6 is 15.9 Å². The monoisotopic (exact) mass is 436 g/mol. The Bertz CT molecular complexity index is 958. The van der Waals surface area contributed by atoms with E-state index < -0.39 is 17.7 Å². The highest BCUT2D eigenvalue weighted by Gasteiger charge is 2.18. The number of ether oxygens (including phenoxy) is 1. The summed E-state index contributed by atoms with van der Waals surface area (Å²) in [6.07, 6.45) is -0.593. The van der Waals surface area contributed by atoms with Crippen molar-refractivity contribution in [2.24, 2.45) is 0 Å². The topological polar surface area (TPSA) is 64.4 Å². The van der Waals surface area contributed by atoms with Crippen molar-refractivity contribution in [3.05, 3.63) is 69.8 Å². The fourth-order valence-electron chi connectivity index (χ4n) is 2.43. The van der Waals surface area contributed by atoms with Gasteiger partial charge in [-0.25, -0.2) is 13.6 Å². The molecular formula is C19H15BrF2N2O3. The zero-order chi connectivity index (χ0) is 19.4. The van der Waals surface area contributed by atoms with E-state index in [-0.39, 0.29) is 18.6 Å². The second-order valence-electron chi connectivity index (χ2n) is 5.73. The maximum absolute atomic E-state index is 13.6. The molecule has 140 valence electrons. The minimum absolute atomic E-state index is 0.0632. The second kappa shape index (κ2) is 8.30. The average Bonchev–Trinajstić information content (AvgIpc) is 2.98. The Kier molecular flexibility index (Phi) is 5.85. The molecule has 1 amide bonds. The number of anilines is 1. The summed E-state index contributed by atoms with van der Waals surface area (Å²) in [4.78, 5) is 12.1. The van der Waals surface area contributed by atoms with E-state index in [0.29, 0.717) is 17.1 Å². The minimum Gasteiger partial charge on any atom is -0.449 e. The van der Waals surface area contributed by atoms with Crippen LogP contribution in [0.15, 0.2) is 51.5 Å². The van der Waals surface area contributed by atoms with E-state index in [2.05, 4.69) is 26.4 Å². The van der Waals surface area contributed by atoms with E-state index in [1.807, 2.05) is 24.3 Å². The van der Waals surface area contributed by atoms with Crippen molar-refractivity contribution in [2.75, 3.05) is 11.9 Å². The third-order valence-electron chi connectivity index (χ3n) is 3.82. The fourth-order valence-corrected chi connectivity index (χ4v) is 2.70. The van der Waals surface area contributed by atoms with Crippen molar-refractivity contribution in [1.82, 2.24) is 5.16 Å². The number of amides is 1. The summed E-state index contributed by atoms with van der Waals surface area (Å²) in [6, 6.07) is 10.6. The minimum atomic E-state index is -0.720. The molecular weight excluding hydrogens is 422 g/mol. The molecule has 0 aliphatic rings. The number of carbonyl (C=O) groups is 1. The summed E-state index contributed by atoms with van der Waals surface area (Å²) < 4.78 is 37.8. The average molecular weight is 437 g/mol. The molecule has 0 atom stereocenters. The molecule has 2 aromatic carbocycles. The van der Waals surface area contributed by atoms with Crippen LogP contribution in [-0.2, 0) is 11.2 Å². The summed E-state index contributed by atoms with van der Waals surface area (Å²) >= 11 is 3.36. The first-order valence-corrected chi connectivity index (χ1v) is 8.83. The van der Waals surface area contributed by atoms with Gasteiger partial charge in [0.1, 0.15) is 23.0 Å². The van der Waals surface area contributed by atoms with Crippen molar-refractivity contribution >= 4 is 27.7 Å². The van der Waals surface area contributed by atoms with Gasteiger partial charge in [-0.15, -0.1) is 0 Å². The number of benzene rings is 2. The molecule has 0 aliphatic heterocycles. The summed E-state index contributed by atoms with van der Waals surface area (Å²) in [5.41, 5.74) is 1.90. The summed E-state index contributed by atoms with van der Waals surface area (Å²) in [7, 11) is 0. The molecule has 0 aliphatic carbocycles. The molecule has 3 rings (SSSR count). The molecule has 0 saturated carbocycles. The number of rotatable bonds is 5. The van der Waals surface area contributed by atoms with Crippen LogP contribution in [0.3, 0.4) is 0 Å². The number of halogens is 3. The zero-order valence-corrected chi connectivity index (χ0v) is 15.8. The molecule has 0 fully saturated rings. The van der Waals surface area contributed by atoms with Crippen LogP contribution in [-0.4, -0.2) is 17.9 Å². The molecule has 0 spiro atoms. The maximum Gasteiger partial charge on any atom is 0.411 e. The van der Waals surface area contributed by atoms with E-state index in [4.69, 9.17) is 9.26 Å². The highest BCUT2D eigenvalue weighted by Crippen LogP contribution is 2.31. The van der Waals surface area contributed by atoms with Crippen molar-refractivity contribution < 1.29 is 22.8 Å². The molecule has 8 heteroatoms. The quantitative estimate of drug-likeness (QED) is 0.574. The van der Waals surface area contributed by atoms with Crippen molar-refractivity contribution in [3.63, 3.8) is 0 Å². The van der Waals surface area contributed by atoms with Crippen LogP contribution in [0.1, 0.15) is 11.3 Å². The first-order valence-electron chi connectivity index (χ1n) is 8.04. The lowest BCUT2D eigenvalue weighted by Crippen LogP contribution is -2.16. The lowest BCUT2D eigenvalue weighted by Gasteiger charge is -2.08. The van der Waals surface area contributed by atoms with Crippen LogP contribution in [0.2, 0.25) is 0 Å². The number of aryl methyl sites for hydroxylation is 1. The van der Waals surface area contributed by atoms with Gasteiger partial charge < -0.3 is 9.26 Å². The van der Waals surface area contributed by atoms with Gasteiger partial charge in [0.05, 0.1) is 6.61 Å². The SMILES string of the molecule is Cc1noc(-c2ccc(Br)cc2)c1NC(=O)OCCc1ccc(F)cc1F. The van der Waals surface area contributed by atoms with Gasteiger partial charge in [0.25, 0.3) is 0 Å². The summed E-state index contributed by atoms with van der Waals surface area (Å²) in [6.45, 7) is 1.63. The van der Waals surface area contributed by atoms with Crippen LogP contribution in [0.5, 0.6) is 0 Å². The molecule has 0 bridgehead atoms. The van der Waals surface area contributed by atoms with Crippen LogP contribution in [0, 0.1) is 18.6 Å². The predicted molar refractivity (Wildman–Crippen MR) is 99.4 cm³/mol. The van der Waals surface area contributed by atoms with E-state index in [1.165, 1.54) is 6.07 Å². The zero-order valence-electron chi connectivity index (χ0n) is 14.3. The Balaban J connectivity index is 1.63. The summed E-state index contributed by atoms with van der Waals surface area (Å²) in [5.74, 6) is -0.925. The van der Waals surface area contributed by atoms with Crippen molar-refractivity contribution in [3.8, 4) is 11.3 Å². The standard InChI is InChI=1S/C19H15BrF2N2O3/c1-11-17(18(27-24-11)13-2-5-14(20)6-3-13)23-19(25)26-9-8-12-4-7-15(21)10-16(12)22/h2-7,10H,8-9H2,1H3,(H,23,25). The van der Waals surface area contributed by atoms with E-state index in [1.54, 1.807) is 6.92 Å². The first-order chi connectivity index (χ1) is 12.9. The molecule has 0 radical (unpaired) electrons. The van der Waals surface area contributed by atoms with Gasteiger partial charge in [0.15, 0.2) is 5.76 Å². The number of nitrogens with one attached hydrogen (secondary N) is 1. The lowest BCUT2D eigenvalue weighted by atomic mass is 10.1. The Labute approximate surface area is 162 Å². The normalized spacial score (nSPS) is 10.7. The molecule has 0 saturated heterocycles. The van der Waals surface area contributed by atoms with Crippen LogP contribution in [0.4, 0.5) is 19.3 Å². The Morgan fingerprint density at radius 3 is 2.67 bits per heavy atom. The third kappa shape index (κ3) is 4.71. The van der Waals surface area contributed by atoms with E-state index >= 15 is 0 Å². The molecule has 1 aromatic heterocycles. The summed E-state index contributed by atoms with van der Waals surface area (Å²) in [5, 5.41) is 6.47. The molecule has 3 aromatic rings. The molecule has 5 nitrogen and oxygen atoms in total. The molecule has 27 heavy (non-hydrogen) atoms. The van der Waals surface area contributed by atoms with Gasteiger partial charge in [-0.05, 0) is 42.8 Å². The van der Waals surface area contributed by atoms with E-state index in [9.17, 15) is 13.6 Å². The van der Waals surface area contributed by atoms with Gasteiger partial charge in [-0.1, -0.05) is 27.2 Å². The third-order valence-corrected chi connectivity index (χ3v) is 4.34. The molecule has 1 heterocycles. The van der Waals surface area contributed by atoms with Gasteiger partial charge in [-0.2, -0.15) is 0 Å². The molecule has 1 N–H and O–H groups in total. The number of carbonyl (C=O) groups excluding carboxylic acids is 1. The predicted octanol–water partition coefficient (Wildman–Crippen LogP) is 5.48. The van der Waals surface area contributed by atoms with Crippen LogP contribution in [0.25, 0.3) is 11.3 Å². The van der Waals surface area contributed by atoms with E-state index in [0.717, 1.165) is 22.2 Å². The van der Waals surface area contributed by atoms with Gasteiger partial charge >= 0.3 is 6.09 Å². The number of hydrogen-bond donors (Lipinski definition) is 1. The van der Waals surface area contributed by atoms with Gasteiger partial charge in [0, 0.05) is 22.5 Å². The Morgan fingerprint density at radius 1 is 1.22 bits per heavy atom. The number of nitrogens with zero attached hydrogens (tertiary/aromatic N) is 1. The first kappa shape index (κ1) is 19.0. The van der Waals surface area contributed by atoms with Crippen molar-refractivity contribution in [1.29, 1.82) is 0 Å². The number of aromatic nitrogens is 1. The molecule has 0 unspecified atom stereocenters. The van der Waals surface area contributed by atoms with Gasteiger partial charge in [-0.3, -0.25) is 5.32 Å². The Hall–Kier alpha value is -2.74. The fraction of sp³-hybridized carbons (Fsp3) is 0.158. The smallest absolute Gasteiger partial charge is 0.411 e. The van der Waals surface area contributed by atoms with Gasteiger partial charge in [0.2, 0.25) is 0 Å². The van der Waals surface area contributed by atoms with Crippen LogP contribution < -0.4 is 5.32 Å². The Morgan fingerprint density at radius 2 is 1.96 bits per heavy atom. The highest BCUT2D eigenvalue weighted by molar-refractivity contribution is 9.10.